The Bertz CT molecular complexity index is 410. The molecule has 2 rings (SSSR count). The lowest BCUT2D eigenvalue weighted by molar-refractivity contribution is 0.442. The van der Waals surface area contributed by atoms with Crippen LogP contribution in [-0.2, 0) is 0 Å². The number of halogens is 1. The molecule has 0 saturated carbocycles. The number of allylic oxidation sites excluding steroid dienone is 1. The van der Waals surface area contributed by atoms with Crippen LogP contribution >= 0.6 is 22.6 Å². The highest BCUT2D eigenvalue weighted by molar-refractivity contribution is 14.1. The Hall–Kier alpha value is -0.970. The molecule has 0 amide bonds. The van der Waals surface area contributed by atoms with Gasteiger partial charge in [0.25, 0.3) is 0 Å². The van der Waals surface area contributed by atoms with Gasteiger partial charge in [0, 0.05) is 14.8 Å². The lowest BCUT2D eigenvalue weighted by Crippen LogP contribution is -2.01. The normalized spacial score (nSPS) is 13.8. The number of hydrogen-bond acceptors (Lipinski definition) is 2. The topological polar surface area (TPSA) is 35.2 Å². The fraction of sp³-hybridized carbons (Fsp3) is 0. The van der Waals surface area contributed by atoms with E-state index in [1.807, 2.05) is 24.3 Å². The number of fused-ring (bicyclic) bond motifs is 1. The molecule has 66 valence electrons. The third kappa shape index (κ3) is 1.44. The summed E-state index contributed by atoms with van der Waals surface area (Å²) in [5, 5.41) is 0. The first-order valence-electron chi connectivity index (χ1n) is 3.81. The van der Waals surface area contributed by atoms with E-state index in [4.69, 9.17) is 10.5 Å². The van der Waals surface area contributed by atoms with Crippen molar-refractivity contribution in [1.29, 1.82) is 0 Å². The minimum absolute atomic E-state index is 0.660. The maximum atomic E-state index is 5.76. The Morgan fingerprint density at radius 1 is 1.31 bits per heavy atom. The van der Waals surface area contributed by atoms with E-state index in [2.05, 4.69) is 29.2 Å². The molecule has 0 atom stereocenters. The molecule has 1 aromatic carbocycles. The van der Waals surface area contributed by atoms with Gasteiger partial charge in [0.1, 0.15) is 11.5 Å². The third-order valence-corrected chi connectivity index (χ3v) is 3.05. The third-order valence-electron chi connectivity index (χ3n) is 1.85. The van der Waals surface area contributed by atoms with Crippen molar-refractivity contribution in [2.24, 2.45) is 0 Å². The largest absolute Gasteiger partial charge is 0.457 e. The van der Waals surface area contributed by atoms with E-state index < -0.39 is 0 Å². The van der Waals surface area contributed by atoms with Crippen molar-refractivity contribution in [3.63, 3.8) is 0 Å². The first kappa shape index (κ1) is 8.62. The summed E-state index contributed by atoms with van der Waals surface area (Å²) >= 11 is 2.21. The van der Waals surface area contributed by atoms with Crippen molar-refractivity contribution in [2.45, 2.75) is 0 Å². The smallest absolute Gasteiger partial charge is 0.135 e. The highest BCUT2D eigenvalue weighted by atomic mass is 127. The summed E-state index contributed by atoms with van der Waals surface area (Å²) in [7, 11) is 0. The number of nitrogens with two attached hydrogens (primary N) is 1. The molecule has 0 radical (unpaired) electrons. The van der Waals surface area contributed by atoms with Gasteiger partial charge in [0.2, 0.25) is 0 Å². The van der Waals surface area contributed by atoms with E-state index in [9.17, 15) is 0 Å². The van der Waals surface area contributed by atoms with E-state index in [-0.39, 0.29) is 0 Å². The molecule has 0 unspecified atom stereocenters. The second-order valence-electron chi connectivity index (χ2n) is 2.78. The highest BCUT2D eigenvalue weighted by Gasteiger charge is 2.12. The molecule has 0 aliphatic carbocycles. The molecule has 3 heteroatoms. The quantitative estimate of drug-likeness (QED) is 0.587. The van der Waals surface area contributed by atoms with Crippen LogP contribution < -0.4 is 10.5 Å². The lowest BCUT2D eigenvalue weighted by atomic mass is 10.1. The van der Waals surface area contributed by atoms with Gasteiger partial charge in [0.15, 0.2) is 0 Å². The number of anilines is 1. The van der Waals surface area contributed by atoms with Crippen molar-refractivity contribution in [3.8, 4) is 5.75 Å². The Labute approximate surface area is 90.2 Å². The van der Waals surface area contributed by atoms with E-state index >= 15 is 0 Å². The molecule has 0 saturated heterocycles. The highest BCUT2D eigenvalue weighted by Crippen LogP contribution is 2.33. The van der Waals surface area contributed by atoms with Crippen LogP contribution in [0.1, 0.15) is 5.56 Å². The lowest BCUT2D eigenvalue weighted by Gasteiger charge is -2.15. The van der Waals surface area contributed by atoms with Gasteiger partial charge < -0.3 is 10.5 Å². The maximum absolute atomic E-state index is 5.76. The summed E-state index contributed by atoms with van der Waals surface area (Å²) in [6.45, 7) is 3.72. The Morgan fingerprint density at radius 2 is 2.08 bits per heavy atom. The monoisotopic (exact) mass is 285 g/mol. The molecule has 1 aromatic rings. The molecule has 0 aromatic heterocycles. The second-order valence-corrected chi connectivity index (χ2v) is 3.86. The van der Waals surface area contributed by atoms with Crippen LogP contribution in [0.5, 0.6) is 5.75 Å². The van der Waals surface area contributed by atoms with Gasteiger partial charge in [-0.25, -0.2) is 0 Å². The minimum Gasteiger partial charge on any atom is -0.457 e. The van der Waals surface area contributed by atoms with E-state index in [1.54, 1.807) is 0 Å². The molecule has 2 nitrogen and oxygen atoms in total. The number of benzene rings is 1. The first-order valence-corrected chi connectivity index (χ1v) is 4.89. The van der Waals surface area contributed by atoms with Crippen LogP contribution in [0.15, 0.2) is 30.5 Å². The summed E-state index contributed by atoms with van der Waals surface area (Å²) in [5.74, 6) is 1.49. The number of hydrogen-bond donors (Lipinski definition) is 1. The van der Waals surface area contributed by atoms with Crippen LogP contribution in [0.2, 0.25) is 0 Å². The summed E-state index contributed by atoms with van der Waals surface area (Å²) in [5.41, 5.74) is 7.57. The van der Waals surface area contributed by atoms with Crippen LogP contribution in [0.25, 0.3) is 6.08 Å². The maximum Gasteiger partial charge on any atom is 0.135 e. The summed E-state index contributed by atoms with van der Waals surface area (Å²) in [6, 6.07) is 3.70. The van der Waals surface area contributed by atoms with Gasteiger partial charge >= 0.3 is 0 Å². The fourth-order valence-corrected chi connectivity index (χ4v) is 1.81. The predicted molar refractivity (Wildman–Crippen MR) is 62.4 cm³/mol. The Kier molecular flexibility index (Phi) is 2.03. The van der Waals surface area contributed by atoms with Gasteiger partial charge in [-0.3, -0.25) is 0 Å². The van der Waals surface area contributed by atoms with E-state index in [0.29, 0.717) is 5.76 Å². The second kappa shape index (κ2) is 3.06. The molecule has 1 aliphatic heterocycles. The molecule has 2 N–H and O–H groups in total. The van der Waals surface area contributed by atoms with Gasteiger partial charge in [-0.05, 0) is 46.9 Å². The SMILES string of the molecule is C=C1C=Cc2c(ccc(N)c2I)O1. The molecule has 1 aliphatic rings. The molecule has 13 heavy (non-hydrogen) atoms. The Balaban J connectivity index is 2.63. The minimum atomic E-state index is 0.660. The zero-order chi connectivity index (χ0) is 9.42. The van der Waals surface area contributed by atoms with Crippen LogP contribution in [0.3, 0.4) is 0 Å². The number of rotatable bonds is 0. The van der Waals surface area contributed by atoms with Crippen molar-refractivity contribution < 1.29 is 4.74 Å². The molecule has 0 spiro atoms. The molecular formula is C10H8INO. The van der Waals surface area contributed by atoms with Crippen LogP contribution in [0.4, 0.5) is 5.69 Å². The van der Waals surface area contributed by atoms with Crippen LogP contribution in [-0.4, -0.2) is 0 Å². The van der Waals surface area contributed by atoms with Gasteiger partial charge in [0.05, 0.1) is 0 Å². The van der Waals surface area contributed by atoms with Crippen molar-refractivity contribution in [2.75, 3.05) is 5.73 Å². The molecule has 0 fully saturated rings. The summed E-state index contributed by atoms with van der Waals surface area (Å²) < 4.78 is 6.45. The van der Waals surface area contributed by atoms with Gasteiger partial charge in [-0.15, -0.1) is 0 Å². The average Bonchev–Trinajstić information content (AvgIpc) is 2.12. The standard InChI is InChI=1S/C10H8INO/c1-6-2-3-7-9(13-6)5-4-8(12)10(7)11/h2-5H,1,12H2. The number of ether oxygens (including phenoxy) is 1. The molecular weight excluding hydrogens is 277 g/mol. The molecule has 0 bridgehead atoms. The average molecular weight is 285 g/mol. The van der Waals surface area contributed by atoms with Crippen molar-refractivity contribution >= 4 is 34.4 Å². The predicted octanol–water partition coefficient (Wildman–Crippen LogP) is 2.79. The van der Waals surface area contributed by atoms with Gasteiger partial charge in [-0.1, -0.05) is 6.58 Å². The molecule has 1 heterocycles. The van der Waals surface area contributed by atoms with Crippen LogP contribution in [0, 0.1) is 3.57 Å². The van der Waals surface area contributed by atoms with Crippen molar-refractivity contribution in [3.05, 3.63) is 39.7 Å². The zero-order valence-corrected chi connectivity index (χ0v) is 9.04. The summed E-state index contributed by atoms with van der Waals surface area (Å²) in [4.78, 5) is 0. The Morgan fingerprint density at radius 3 is 2.85 bits per heavy atom. The zero-order valence-electron chi connectivity index (χ0n) is 6.88. The number of nitrogen functional groups attached to an aromatic ring is 1. The first-order chi connectivity index (χ1) is 6.18. The van der Waals surface area contributed by atoms with Gasteiger partial charge in [-0.2, -0.15) is 0 Å². The van der Waals surface area contributed by atoms with E-state index in [1.165, 1.54) is 0 Å². The van der Waals surface area contributed by atoms with E-state index in [0.717, 1.165) is 20.6 Å². The fourth-order valence-electron chi connectivity index (χ4n) is 1.19. The van der Waals surface area contributed by atoms with Crippen molar-refractivity contribution in [1.82, 2.24) is 0 Å². The summed E-state index contributed by atoms with van der Waals surface area (Å²) in [6.07, 6.45) is 3.81.